The molecule has 0 aliphatic heterocycles. The second-order valence-corrected chi connectivity index (χ2v) is 6.07. The highest BCUT2D eigenvalue weighted by atomic mass is 32.2. The second kappa shape index (κ2) is 6.34. The maximum absolute atomic E-state index is 12.6. The molecule has 2 nitrogen and oxygen atoms in total. The van der Waals surface area contributed by atoms with Gasteiger partial charge in [-0.25, -0.2) is 8.93 Å². The minimum absolute atomic E-state index is 0.131. The Hall–Kier alpha value is -1.14. The molecule has 0 aliphatic carbocycles. The Morgan fingerprint density at radius 3 is 2.47 bits per heavy atom. The Morgan fingerprint density at radius 2 is 2.00 bits per heavy atom. The summed E-state index contributed by atoms with van der Waals surface area (Å²) >= 11 is 0. The Balaban J connectivity index is 3.00. The fourth-order valence-electron chi connectivity index (χ4n) is 1.42. The maximum Gasteiger partial charge on any atom is 0.416 e. The Labute approximate surface area is 113 Å². The van der Waals surface area contributed by atoms with E-state index >= 15 is 0 Å². The molecule has 0 saturated carbocycles. The molecule has 0 amide bonds. The molecule has 0 saturated heterocycles. The zero-order valence-electron chi connectivity index (χ0n) is 10.7. The molecule has 0 fully saturated rings. The predicted octanol–water partition coefficient (Wildman–Crippen LogP) is 3.59. The lowest BCUT2D eigenvalue weighted by atomic mass is 10.0. The van der Waals surface area contributed by atoms with Crippen LogP contribution in [0.5, 0.6) is 0 Å². The van der Waals surface area contributed by atoms with E-state index in [-0.39, 0.29) is 5.25 Å². The Morgan fingerprint density at radius 1 is 1.37 bits per heavy atom. The molecule has 1 rings (SSSR count). The number of alkyl halides is 3. The van der Waals surface area contributed by atoms with Crippen molar-refractivity contribution >= 4 is 11.0 Å². The molecule has 0 heterocycles. The molecule has 0 bridgehead atoms. The van der Waals surface area contributed by atoms with Crippen molar-refractivity contribution in [2.45, 2.75) is 31.3 Å². The van der Waals surface area contributed by atoms with Crippen LogP contribution in [-0.4, -0.2) is 9.46 Å². The van der Waals surface area contributed by atoms with Crippen LogP contribution >= 0.6 is 0 Å². The fraction of sp³-hybridized carbons (Fsp3) is 0.385. The number of hydrogen-bond acceptors (Lipinski definition) is 1. The highest BCUT2D eigenvalue weighted by Crippen LogP contribution is 2.31. The lowest BCUT2D eigenvalue weighted by molar-refractivity contribution is -0.137. The molecule has 0 aromatic heterocycles. The summed E-state index contributed by atoms with van der Waals surface area (Å²) in [6.45, 7) is 7.08. The Bertz CT molecular complexity index is 471. The molecule has 0 radical (unpaired) electrons. The van der Waals surface area contributed by atoms with Crippen molar-refractivity contribution in [1.29, 1.82) is 0 Å². The third kappa shape index (κ3) is 4.47. The van der Waals surface area contributed by atoms with E-state index < -0.39 is 28.8 Å². The normalized spacial score (nSPS) is 15.3. The first-order chi connectivity index (χ1) is 8.75. The highest BCUT2D eigenvalue weighted by molar-refractivity contribution is 7.83. The minimum Gasteiger partial charge on any atom is -0.243 e. The van der Waals surface area contributed by atoms with E-state index in [2.05, 4.69) is 11.3 Å². The number of nitrogens with one attached hydrogen (secondary N) is 1. The summed E-state index contributed by atoms with van der Waals surface area (Å²) in [5.41, 5.74) is -0.340. The van der Waals surface area contributed by atoms with Crippen LogP contribution in [0.2, 0.25) is 0 Å². The summed E-state index contributed by atoms with van der Waals surface area (Å²) in [4.78, 5) is 0. The number of halogens is 3. The summed E-state index contributed by atoms with van der Waals surface area (Å²) in [6.07, 6.45) is -2.95. The van der Waals surface area contributed by atoms with Gasteiger partial charge >= 0.3 is 6.18 Å². The van der Waals surface area contributed by atoms with Gasteiger partial charge in [0.25, 0.3) is 0 Å². The van der Waals surface area contributed by atoms with Gasteiger partial charge in [0.05, 0.1) is 22.6 Å². The molecule has 2 atom stereocenters. The predicted molar refractivity (Wildman–Crippen MR) is 70.8 cm³/mol. The van der Waals surface area contributed by atoms with Gasteiger partial charge in [0.2, 0.25) is 0 Å². The van der Waals surface area contributed by atoms with Gasteiger partial charge in [-0.2, -0.15) is 13.2 Å². The number of benzene rings is 1. The first-order valence-electron chi connectivity index (χ1n) is 5.72. The zero-order chi connectivity index (χ0) is 14.6. The summed E-state index contributed by atoms with van der Waals surface area (Å²) in [7, 11) is -1.33. The molecular formula is C13H16F3NOS. The minimum atomic E-state index is -4.39. The van der Waals surface area contributed by atoms with Crippen molar-refractivity contribution in [1.82, 2.24) is 4.72 Å². The average molecular weight is 291 g/mol. The van der Waals surface area contributed by atoms with Crippen LogP contribution in [0.15, 0.2) is 36.9 Å². The van der Waals surface area contributed by atoms with Gasteiger partial charge < -0.3 is 0 Å². The summed E-state index contributed by atoms with van der Waals surface area (Å²) < 4.78 is 52.3. The van der Waals surface area contributed by atoms with Crippen molar-refractivity contribution in [3.63, 3.8) is 0 Å². The second-order valence-electron chi connectivity index (χ2n) is 4.30. The van der Waals surface area contributed by atoms with Crippen molar-refractivity contribution in [2.24, 2.45) is 0 Å². The third-order valence-corrected chi connectivity index (χ3v) is 3.82. The van der Waals surface area contributed by atoms with Crippen LogP contribution in [0.1, 0.15) is 31.0 Å². The molecule has 1 aromatic carbocycles. The summed E-state index contributed by atoms with van der Waals surface area (Å²) in [5.74, 6) is 0. The maximum atomic E-state index is 12.6. The van der Waals surface area contributed by atoms with E-state index in [9.17, 15) is 17.4 Å². The lowest BCUT2D eigenvalue weighted by Gasteiger charge is -2.17. The van der Waals surface area contributed by atoms with Crippen LogP contribution in [0.4, 0.5) is 13.2 Å². The van der Waals surface area contributed by atoms with E-state index in [4.69, 9.17) is 0 Å². The van der Waals surface area contributed by atoms with Crippen molar-refractivity contribution < 1.29 is 17.4 Å². The Kier molecular flexibility index (Phi) is 5.31. The summed E-state index contributed by atoms with van der Waals surface area (Å²) in [5, 5.41) is -0.131. The molecule has 0 spiro atoms. The van der Waals surface area contributed by atoms with Crippen LogP contribution < -0.4 is 4.72 Å². The van der Waals surface area contributed by atoms with Crippen molar-refractivity contribution in [3.05, 3.63) is 48.0 Å². The SMILES string of the molecule is C=C[C@@H](NS(=O)C(C)C)c1cccc(C(F)(F)F)c1. The first-order valence-corrected chi connectivity index (χ1v) is 6.93. The molecule has 1 aromatic rings. The monoisotopic (exact) mass is 291 g/mol. The summed E-state index contributed by atoms with van der Waals surface area (Å²) in [6, 6.07) is 4.34. The van der Waals surface area contributed by atoms with Crippen molar-refractivity contribution in [2.75, 3.05) is 0 Å². The molecule has 19 heavy (non-hydrogen) atoms. The molecule has 1 N–H and O–H groups in total. The van der Waals surface area contributed by atoms with Gasteiger partial charge in [0, 0.05) is 5.25 Å². The van der Waals surface area contributed by atoms with E-state index in [1.54, 1.807) is 19.9 Å². The van der Waals surface area contributed by atoms with Gasteiger partial charge in [-0.1, -0.05) is 18.2 Å². The molecule has 1 unspecified atom stereocenters. The average Bonchev–Trinajstić information content (AvgIpc) is 2.34. The van der Waals surface area contributed by atoms with Crippen molar-refractivity contribution in [3.8, 4) is 0 Å². The topological polar surface area (TPSA) is 29.1 Å². The third-order valence-electron chi connectivity index (χ3n) is 2.48. The van der Waals surface area contributed by atoms with Gasteiger partial charge in [0.1, 0.15) is 0 Å². The van der Waals surface area contributed by atoms with E-state index in [1.165, 1.54) is 12.1 Å². The first kappa shape index (κ1) is 15.9. The highest BCUT2D eigenvalue weighted by Gasteiger charge is 2.30. The molecule has 106 valence electrons. The van der Waals surface area contributed by atoms with E-state index in [0.717, 1.165) is 12.1 Å². The van der Waals surface area contributed by atoms with Gasteiger partial charge in [-0.05, 0) is 31.5 Å². The standard InChI is InChI=1S/C13H16F3NOS/c1-4-12(17-19(18)9(2)3)10-6-5-7-11(8-10)13(14,15)16/h4-9,12,17H,1H2,2-3H3/t12-,19?/m1/s1. The van der Waals surface area contributed by atoms with Crippen LogP contribution in [-0.2, 0) is 17.2 Å². The van der Waals surface area contributed by atoms with Crippen LogP contribution in [0, 0.1) is 0 Å². The van der Waals surface area contributed by atoms with Gasteiger partial charge in [-0.3, -0.25) is 0 Å². The number of hydrogen-bond donors (Lipinski definition) is 1. The fourth-order valence-corrected chi connectivity index (χ4v) is 2.18. The lowest BCUT2D eigenvalue weighted by Crippen LogP contribution is -2.27. The largest absolute Gasteiger partial charge is 0.416 e. The smallest absolute Gasteiger partial charge is 0.243 e. The molecular weight excluding hydrogens is 275 g/mol. The van der Waals surface area contributed by atoms with E-state index in [1.807, 2.05) is 0 Å². The van der Waals surface area contributed by atoms with E-state index in [0.29, 0.717) is 5.56 Å². The van der Waals surface area contributed by atoms with Crippen LogP contribution in [0.3, 0.4) is 0 Å². The van der Waals surface area contributed by atoms with Gasteiger partial charge in [-0.15, -0.1) is 6.58 Å². The number of rotatable bonds is 5. The molecule has 6 heteroatoms. The molecule has 0 aliphatic rings. The van der Waals surface area contributed by atoms with Gasteiger partial charge in [0.15, 0.2) is 0 Å². The quantitative estimate of drug-likeness (QED) is 0.825. The zero-order valence-corrected chi connectivity index (χ0v) is 11.5. The van der Waals surface area contributed by atoms with Crippen LogP contribution in [0.25, 0.3) is 0 Å².